The van der Waals surface area contributed by atoms with Crippen LogP contribution in [-0.2, 0) is 0 Å². The summed E-state index contributed by atoms with van der Waals surface area (Å²) >= 11 is 0. The molecule has 1 N–H and O–H groups in total. The number of hydrogen-bond acceptors (Lipinski definition) is 6. The molecular weight excluding hydrogens is 392 g/mol. The standard InChI is InChI=1S/C24H26N4O3/c1-16-11-17-12-18(5-6-20(17)27-16)31-24-19-13-22(29-2)23(14-21(19)25-15-26-24)30-10-9-28-7-3-4-8-28/h5-6,11-15,27H,3-4,7-10H2,1-2H3. The normalized spacial score (nSPS) is 14.4. The van der Waals surface area contributed by atoms with Crippen molar-refractivity contribution in [3.63, 3.8) is 0 Å². The summed E-state index contributed by atoms with van der Waals surface area (Å²) in [7, 11) is 1.64. The van der Waals surface area contributed by atoms with Crippen molar-refractivity contribution >= 4 is 21.8 Å². The van der Waals surface area contributed by atoms with Crippen molar-refractivity contribution in [2.24, 2.45) is 0 Å². The van der Waals surface area contributed by atoms with Crippen molar-refractivity contribution in [1.29, 1.82) is 0 Å². The van der Waals surface area contributed by atoms with Gasteiger partial charge in [0.1, 0.15) is 18.7 Å². The third kappa shape index (κ3) is 4.14. The minimum absolute atomic E-state index is 0.485. The number of methoxy groups -OCH3 is 1. The summed E-state index contributed by atoms with van der Waals surface area (Å²) in [5, 5.41) is 1.87. The SMILES string of the molecule is COc1cc2c(Oc3ccc4[nH]c(C)cc4c3)ncnc2cc1OCCN1CCCC1. The maximum atomic E-state index is 6.13. The van der Waals surface area contributed by atoms with Gasteiger partial charge >= 0.3 is 0 Å². The van der Waals surface area contributed by atoms with E-state index in [0.717, 1.165) is 52.9 Å². The zero-order chi connectivity index (χ0) is 21.2. The topological polar surface area (TPSA) is 72.5 Å². The average molecular weight is 418 g/mol. The second-order valence-electron chi connectivity index (χ2n) is 7.90. The molecule has 0 atom stereocenters. The van der Waals surface area contributed by atoms with Crippen LogP contribution in [0, 0.1) is 6.92 Å². The highest BCUT2D eigenvalue weighted by molar-refractivity contribution is 5.87. The van der Waals surface area contributed by atoms with Crippen molar-refractivity contribution in [1.82, 2.24) is 19.9 Å². The number of fused-ring (bicyclic) bond motifs is 2. The van der Waals surface area contributed by atoms with Crippen LogP contribution in [0.2, 0.25) is 0 Å². The Kier molecular flexibility index (Phi) is 5.34. The molecule has 1 saturated heterocycles. The summed E-state index contributed by atoms with van der Waals surface area (Å²) in [6.45, 7) is 5.88. The van der Waals surface area contributed by atoms with Crippen LogP contribution in [0.15, 0.2) is 42.7 Å². The zero-order valence-corrected chi connectivity index (χ0v) is 17.9. The summed E-state index contributed by atoms with van der Waals surface area (Å²) in [5.41, 5.74) is 2.94. The molecule has 4 aromatic rings. The monoisotopic (exact) mass is 418 g/mol. The quantitative estimate of drug-likeness (QED) is 0.469. The van der Waals surface area contributed by atoms with Gasteiger partial charge in [-0.25, -0.2) is 9.97 Å². The molecule has 1 aliphatic heterocycles. The number of aromatic amines is 1. The largest absolute Gasteiger partial charge is 0.493 e. The summed E-state index contributed by atoms with van der Waals surface area (Å²) in [6.07, 6.45) is 4.06. The maximum Gasteiger partial charge on any atom is 0.230 e. The van der Waals surface area contributed by atoms with Gasteiger partial charge in [0.15, 0.2) is 11.5 Å². The molecular formula is C24H26N4O3. The number of H-pyrrole nitrogens is 1. The highest BCUT2D eigenvalue weighted by atomic mass is 16.5. The van der Waals surface area contributed by atoms with Crippen molar-refractivity contribution in [3.8, 4) is 23.1 Å². The van der Waals surface area contributed by atoms with Gasteiger partial charge in [-0.15, -0.1) is 0 Å². The van der Waals surface area contributed by atoms with Gasteiger partial charge in [-0.05, 0) is 63.2 Å². The third-order valence-corrected chi connectivity index (χ3v) is 5.69. The Labute approximate surface area is 181 Å². The van der Waals surface area contributed by atoms with Gasteiger partial charge < -0.3 is 19.2 Å². The van der Waals surface area contributed by atoms with Gasteiger partial charge in [0.25, 0.3) is 0 Å². The van der Waals surface area contributed by atoms with E-state index in [-0.39, 0.29) is 0 Å². The van der Waals surface area contributed by atoms with Crippen LogP contribution in [0.25, 0.3) is 21.8 Å². The highest BCUT2D eigenvalue weighted by Crippen LogP contribution is 2.36. The van der Waals surface area contributed by atoms with E-state index in [1.165, 1.54) is 19.2 Å². The number of ether oxygens (including phenoxy) is 3. The second kappa shape index (κ2) is 8.43. The Balaban J connectivity index is 1.40. The Morgan fingerprint density at radius 1 is 1.03 bits per heavy atom. The van der Waals surface area contributed by atoms with Crippen molar-refractivity contribution in [2.75, 3.05) is 33.4 Å². The first kappa shape index (κ1) is 19.6. The molecule has 3 heterocycles. The lowest BCUT2D eigenvalue weighted by atomic mass is 10.2. The average Bonchev–Trinajstić information content (AvgIpc) is 3.42. The van der Waals surface area contributed by atoms with Crippen LogP contribution >= 0.6 is 0 Å². The number of nitrogens with one attached hydrogen (secondary N) is 1. The van der Waals surface area contributed by atoms with Crippen LogP contribution in [-0.4, -0.2) is 53.2 Å². The Bertz CT molecular complexity index is 1210. The van der Waals surface area contributed by atoms with Gasteiger partial charge in [-0.3, -0.25) is 4.90 Å². The van der Waals surface area contributed by atoms with Gasteiger partial charge in [-0.1, -0.05) is 0 Å². The summed E-state index contributed by atoms with van der Waals surface area (Å²) < 4.78 is 17.8. The number of rotatable bonds is 7. The van der Waals surface area contributed by atoms with Gasteiger partial charge in [0.2, 0.25) is 5.88 Å². The summed E-state index contributed by atoms with van der Waals surface area (Å²) in [5.74, 6) is 2.53. The number of benzene rings is 2. The van der Waals surface area contributed by atoms with E-state index in [2.05, 4.69) is 25.9 Å². The van der Waals surface area contributed by atoms with E-state index in [0.29, 0.717) is 24.0 Å². The minimum Gasteiger partial charge on any atom is -0.493 e. The molecule has 160 valence electrons. The van der Waals surface area contributed by atoms with E-state index in [1.807, 2.05) is 37.3 Å². The summed E-state index contributed by atoms with van der Waals surface area (Å²) in [6, 6.07) is 11.8. The van der Waals surface area contributed by atoms with Crippen LogP contribution in [0.4, 0.5) is 0 Å². The van der Waals surface area contributed by atoms with Crippen molar-refractivity contribution in [3.05, 3.63) is 48.4 Å². The van der Waals surface area contributed by atoms with Crippen molar-refractivity contribution in [2.45, 2.75) is 19.8 Å². The number of hydrogen-bond donors (Lipinski definition) is 1. The molecule has 7 nitrogen and oxygen atoms in total. The predicted molar refractivity (Wildman–Crippen MR) is 120 cm³/mol. The van der Waals surface area contributed by atoms with Crippen LogP contribution in [0.5, 0.6) is 23.1 Å². The highest BCUT2D eigenvalue weighted by Gasteiger charge is 2.15. The van der Waals surface area contributed by atoms with Crippen LogP contribution in [0.1, 0.15) is 18.5 Å². The molecule has 0 aliphatic carbocycles. The molecule has 0 unspecified atom stereocenters. The van der Waals surface area contributed by atoms with E-state index in [1.54, 1.807) is 7.11 Å². The Hall–Kier alpha value is -3.32. The fraction of sp³-hybridized carbons (Fsp3) is 0.333. The smallest absolute Gasteiger partial charge is 0.230 e. The molecule has 2 aromatic carbocycles. The van der Waals surface area contributed by atoms with Gasteiger partial charge in [-0.2, -0.15) is 0 Å². The molecule has 2 aromatic heterocycles. The van der Waals surface area contributed by atoms with Gasteiger partial charge in [0, 0.05) is 29.2 Å². The first-order chi connectivity index (χ1) is 15.2. The summed E-state index contributed by atoms with van der Waals surface area (Å²) in [4.78, 5) is 14.5. The van der Waals surface area contributed by atoms with Crippen LogP contribution < -0.4 is 14.2 Å². The first-order valence-corrected chi connectivity index (χ1v) is 10.6. The fourth-order valence-electron chi connectivity index (χ4n) is 4.12. The molecule has 1 fully saturated rings. The van der Waals surface area contributed by atoms with Crippen molar-refractivity contribution < 1.29 is 14.2 Å². The van der Waals surface area contributed by atoms with E-state index < -0.39 is 0 Å². The lowest BCUT2D eigenvalue weighted by Gasteiger charge is -2.17. The Morgan fingerprint density at radius 2 is 1.90 bits per heavy atom. The Morgan fingerprint density at radius 3 is 2.74 bits per heavy atom. The number of aromatic nitrogens is 3. The molecule has 5 rings (SSSR count). The fourth-order valence-corrected chi connectivity index (χ4v) is 4.12. The lowest BCUT2D eigenvalue weighted by molar-refractivity contribution is 0.230. The number of likely N-dealkylation sites (tertiary alicyclic amines) is 1. The van der Waals surface area contributed by atoms with Gasteiger partial charge in [0.05, 0.1) is 18.0 Å². The predicted octanol–water partition coefficient (Wildman–Crippen LogP) is 4.70. The van der Waals surface area contributed by atoms with E-state index in [9.17, 15) is 0 Å². The molecule has 31 heavy (non-hydrogen) atoms. The molecule has 1 aliphatic rings. The zero-order valence-electron chi connectivity index (χ0n) is 17.9. The number of nitrogens with zero attached hydrogens (tertiary/aromatic N) is 3. The molecule has 7 heteroatoms. The minimum atomic E-state index is 0.485. The number of aryl methyl sites for hydroxylation is 1. The van der Waals surface area contributed by atoms with E-state index >= 15 is 0 Å². The molecule has 0 spiro atoms. The second-order valence-corrected chi connectivity index (χ2v) is 7.90. The third-order valence-electron chi connectivity index (χ3n) is 5.69. The first-order valence-electron chi connectivity index (χ1n) is 10.6. The lowest BCUT2D eigenvalue weighted by Crippen LogP contribution is -2.25. The maximum absolute atomic E-state index is 6.13. The van der Waals surface area contributed by atoms with E-state index in [4.69, 9.17) is 14.2 Å². The molecule has 0 amide bonds. The van der Waals surface area contributed by atoms with Crippen LogP contribution in [0.3, 0.4) is 0 Å². The molecule has 0 saturated carbocycles. The molecule has 0 radical (unpaired) electrons. The molecule has 0 bridgehead atoms.